The zero-order chi connectivity index (χ0) is 14.4. The number of nitrogens with zero attached hydrogens (tertiary/aromatic N) is 1. The summed E-state index contributed by atoms with van der Waals surface area (Å²) in [5.74, 6) is 4.66. The maximum absolute atomic E-state index is 6.05. The van der Waals surface area contributed by atoms with Crippen molar-refractivity contribution < 1.29 is 9.26 Å². The number of fused-ring (bicyclic) bond motifs is 1. The molecule has 0 radical (unpaired) electrons. The Balaban J connectivity index is 1.65. The monoisotopic (exact) mass is 284 g/mol. The lowest BCUT2D eigenvalue weighted by Gasteiger charge is -2.11. The van der Waals surface area contributed by atoms with Gasteiger partial charge in [0.25, 0.3) is 0 Å². The van der Waals surface area contributed by atoms with E-state index >= 15 is 0 Å². The molecule has 2 saturated carbocycles. The molecule has 4 rings (SSSR count). The number of anilines is 1. The first-order valence-electron chi connectivity index (χ1n) is 7.74. The molecule has 0 bridgehead atoms. The lowest BCUT2D eigenvalue weighted by molar-refractivity contribution is 0.340. The lowest BCUT2D eigenvalue weighted by atomic mass is 9.94. The van der Waals surface area contributed by atoms with Crippen molar-refractivity contribution in [3.8, 4) is 16.9 Å². The molecule has 2 N–H and O–H groups in total. The highest BCUT2D eigenvalue weighted by Gasteiger charge is 2.48. The van der Waals surface area contributed by atoms with E-state index in [-0.39, 0.29) is 0 Å². The second-order valence-electron chi connectivity index (χ2n) is 6.19. The van der Waals surface area contributed by atoms with Gasteiger partial charge in [0.1, 0.15) is 11.5 Å². The van der Waals surface area contributed by atoms with Crippen molar-refractivity contribution in [2.45, 2.75) is 32.1 Å². The number of hydrogen-bond donors (Lipinski definition) is 1. The molecular formula is C17H20N2O2. The van der Waals surface area contributed by atoms with E-state index in [2.05, 4.69) is 5.16 Å². The van der Waals surface area contributed by atoms with Crippen molar-refractivity contribution in [1.82, 2.24) is 5.16 Å². The number of nitrogens with two attached hydrogens (primary N) is 1. The molecule has 110 valence electrons. The summed E-state index contributed by atoms with van der Waals surface area (Å²) in [7, 11) is 0. The smallest absolute Gasteiger partial charge is 0.175 e. The number of benzene rings is 1. The average molecular weight is 284 g/mol. The van der Waals surface area contributed by atoms with E-state index in [4.69, 9.17) is 15.0 Å². The number of rotatable bonds is 4. The third kappa shape index (κ3) is 2.19. The van der Waals surface area contributed by atoms with Crippen molar-refractivity contribution >= 4 is 5.82 Å². The van der Waals surface area contributed by atoms with Gasteiger partial charge in [0.05, 0.1) is 12.2 Å². The molecule has 0 aliphatic heterocycles. The van der Waals surface area contributed by atoms with Crippen molar-refractivity contribution in [3.05, 3.63) is 30.0 Å². The molecule has 2 aromatic rings. The molecule has 1 heterocycles. The Morgan fingerprint density at radius 3 is 2.57 bits per heavy atom. The van der Waals surface area contributed by atoms with Crippen LogP contribution in [0.3, 0.4) is 0 Å². The van der Waals surface area contributed by atoms with Crippen LogP contribution in [0.4, 0.5) is 5.82 Å². The number of aromatic nitrogens is 1. The first-order valence-corrected chi connectivity index (χ1v) is 7.74. The number of nitrogen functional groups attached to an aromatic ring is 1. The summed E-state index contributed by atoms with van der Waals surface area (Å²) in [6, 6.07) is 8.02. The van der Waals surface area contributed by atoms with Gasteiger partial charge in [-0.3, -0.25) is 0 Å². The van der Waals surface area contributed by atoms with Gasteiger partial charge in [-0.2, -0.15) is 0 Å². The zero-order valence-electron chi connectivity index (χ0n) is 12.2. The van der Waals surface area contributed by atoms with Gasteiger partial charge in [-0.1, -0.05) is 17.3 Å². The van der Waals surface area contributed by atoms with Gasteiger partial charge in [-0.25, -0.2) is 0 Å². The summed E-state index contributed by atoms with van der Waals surface area (Å²) >= 11 is 0. The maximum atomic E-state index is 6.05. The van der Waals surface area contributed by atoms with Gasteiger partial charge >= 0.3 is 0 Å². The molecule has 0 spiro atoms. The molecule has 2 atom stereocenters. The Morgan fingerprint density at radius 2 is 1.90 bits per heavy atom. The highest BCUT2D eigenvalue weighted by atomic mass is 16.5. The van der Waals surface area contributed by atoms with Crippen LogP contribution in [0.5, 0.6) is 5.75 Å². The number of ether oxygens (including phenoxy) is 1. The van der Waals surface area contributed by atoms with Crippen LogP contribution in [0.25, 0.3) is 11.1 Å². The average Bonchev–Trinajstić information content (AvgIpc) is 2.93. The quantitative estimate of drug-likeness (QED) is 0.926. The van der Waals surface area contributed by atoms with Crippen LogP contribution in [-0.4, -0.2) is 11.8 Å². The van der Waals surface area contributed by atoms with Crippen molar-refractivity contribution in [2.24, 2.45) is 11.8 Å². The molecule has 0 saturated heterocycles. The third-order valence-corrected chi connectivity index (χ3v) is 4.81. The van der Waals surface area contributed by atoms with E-state index in [1.165, 1.54) is 19.3 Å². The van der Waals surface area contributed by atoms with Gasteiger partial charge in [0, 0.05) is 5.92 Å². The Hall–Kier alpha value is -1.97. The minimum absolute atomic E-state index is 0.486. The Kier molecular flexibility index (Phi) is 2.91. The normalized spacial score (nSPS) is 26.6. The van der Waals surface area contributed by atoms with Crippen LogP contribution in [0, 0.1) is 11.8 Å². The van der Waals surface area contributed by atoms with E-state index in [0.29, 0.717) is 18.3 Å². The summed E-state index contributed by atoms with van der Waals surface area (Å²) in [5.41, 5.74) is 8.09. The van der Waals surface area contributed by atoms with Crippen LogP contribution in [-0.2, 0) is 0 Å². The Labute approximate surface area is 124 Å². The minimum Gasteiger partial charge on any atom is -0.494 e. The SMILES string of the molecule is CCOc1ccc(-c2c(N)noc2C2CC3CC3C2)cc1. The third-order valence-electron chi connectivity index (χ3n) is 4.81. The maximum Gasteiger partial charge on any atom is 0.175 e. The van der Waals surface area contributed by atoms with Crippen molar-refractivity contribution in [2.75, 3.05) is 12.3 Å². The van der Waals surface area contributed by atoms with Crippen molar-refractivity contribution in [1.29, 1.82) is 0 Å². The second-order valence-corrected chi connectivity index (χ2v) is 6.19. The summed E-state index contributed by atoms with van der Waals surface area (Å²) in [6.45, 7) is 2.65. The zero-order valence-corrected chi connectivity index (χ0v) is 12.2. The molecule has 21 heavy (non-hydrogen) atoms. The van der Waals surface area contributed by atoms with Gasteiger partial charge in [-0.05, 0) is 55.7 Å². The summed E-state index contributed by atoms with van der Waals surface area (Å²) < 4.78 is 11.1. The molecule has 2 aliphatic rings. The van der Waals surface area contributed by atoms with Crippen LogP contribution in [0.2, 0.25) is 0 Å². The van der Waals surface area contributed by atoms with Gasteiger partial charge < -0.3 is 15.0 Å². The van der Waals surface area contributed by atoms with Crippen molar-refractivity contribution in [3.63, 3.8) is 0 Å². The molecule has 1 aromatic heterocycles. The summed E-state index contributed by atoms with van der Waals surface area (Å²) in [4.78, 5) is 0. The molecular weight excluding hydrogens is 264 g/mol. The van der Waals surface area contributed by atoms with Crippen LogP contribution >= 0.6 is 0 Å². The van der Waals surface area contributed by atoms with Crippen LogP contribution < -0.4 is 10.5 Å². The first kappa shape index (κ1) is 12.7. The first-order chi connectivity index (χ1) is 10.3. The van der Waals surface area contributed by atoms with Gasteiger partial charge in [0.15, 0.2) is 5.82 Å². The van der Waals surface area contributed by atoms with E-state index < -0.39 is 0 Å². The predicted molar refractivity (Wildman–Crippen MR) is 81.1 cm³/mol. The standard InChI is InChI=1S/C17H20N2O2/c1-2-20-14-5-3-10(4-6-14)15-16(21-19-17(15)18)13-8-11-7-12(11)9-13/h3-6,11-13H,2,7-9H2,1H3,(H2,18,19). The lowest BCUT2D eigenvalue weighted by Crippen LogP contribution is -1.98. The molecule has 0 amide bonds. The van der Waals surface area contributed by atoms with E-state index in [1.807, 2.05) is 31.2 Å². The van der Waals surface area contributed by atoms with E-state index in [9.17, 15) is 0 Å². The van der Waals surface area contributed by atoms with Crippen LogP contribution in [0.15, 0.2) is 28.8 Å². The predicted octanol–water partition coefficient (Wildman–Crippen LogP) is 3.84. The molecule has 4 heteroatoms. The fourth-order valence-electron chi connectivity index (χ4n) is 3.70. The van der Waals surface area contributed by atoms with E-state index in [1.54, 1.807) is 0 Å². The molecule has 2 fully saturated rings. The van der Waals surface area contributed by atoms with Gasteiger partial charge in [0.2, 0.25) is 0 Å². The summed E-state index contributed by atoms with van der Waals surface area (Å²) in [5, 5.41) is 4.01. The van der Waals surface area contributed by atoms with Crippen LogP contribution in [0.1, 0.15) is 37.9 Å². The Bertz CT molecular complexity index is 637. The molecule has 2 aliphatic carbocycles. The fraction of sp³-hybridized carbons (Fsp3) is 0.471. The minimum atomic E-state index is 0.486. The largest absolute Gasteiger partial charge is 0.494 e. The highest BCUT2D eigenvalue weighted by molar-refractivity contribution is 5.76. The molecule has 2 unspecified atom stereocenters. The fourth-order valence-corrected chi connectivity index (χ4v) is 3.70. The Morgan fingerprint density at radius 1 is 1.19 bits per heavy atom. The molecule has 4 nitrogen and oxygen atoms in total. The van der Waals surface area contributed by atoms with Gasteiger partial charge in [-0.15, -0.1) is 0 Å². The number of hydrogen-bond acceptors (Lipinski definition) is 4. The highest BCUT2D eigenvalue weighted by Crippen LogP contribution is 2.58. The summed E-state index contributed by atoms with van der Waals surface area (Å²) in [6.07, 6.45) is 3.85. The second kappa shape index (κ2) is 4.79. The van der Waals surface area contributed by atoms with E-state index in [0.717, 1.165) is 34.5 Å². The topological polar surface area (TPSA) is 61.3 Å². The molecule has 1 aromatic carbocycles.